The summed E-state index contributed by atoms with van der Waals surface area (Å²) in [4.78, 5) is 0. The van der Waals surface area contributed by atoms with Crippen LogP contribution in [0.2, 0.25) is 0 Å². The Bertz CT molecular complexity index is 785. The second-order valence-electron chi connectivity index (χ2n) is 5.07. The summed E-state index contributed by atoms with van der Waals surface area (Å²) in [5.41, 5.74) is 2.12. The first-order chi connectivity index (χ1) is 10.1. The van der Waals surface area contributed by atoms with Crippen LogP contribution in [0.25, 0.3) is 10.8 Å². The topological polar surface area (TPSA) is 20.2 Å². The van der Waals surface area contributed by atoms with Gasteiger partial charge in [0.1, 0.15) is 0 Å². The fraction of sp³-hybridized carbons (Fsp3) is 0.111. The molecule has 1 unspecified atom stereocenters. The molecule has 0 fully saturated rings. The minimum absolute atomic E-state index is 0.490. The molecule has 0 saturated heterocycles. The molecule has 0 spiro atoms. The van der Waals surface area contributed by atoms with E-state index in [9.17, 15) is 5.11 Å². The van der Waals surface area contributed by atoms with E-state index < -0.39 is 6.10 Å². The molecule has 0 amide bonds. The van der Waals surface area contributed by atoms with E-state index in [-0.39, 0.29) is 0 Å². The molecule has 21 heavy (non-hydrogen) atoms. The molecule has 0 bridgehead atoms. The van der Waals surface area contributed by atoms with Crippen LogP contribution in [0.15, 0.2) is 65.1 Å². The molecule has 0 aliphatic rings. The quantitative estimate of drug-likeness (QED) is 0.521. The van der Waals surface area contributed by atoms with Crippen LogP contribution < -0.4 is 0 Å². The van der Waals surface area contributed by atoms with E-state index in [0.717, 1.165) is 19.2 Å². The predicted octanol–water partition coefficient (Wildman–Crippen LogP) is 5.48. The predicted molar refractivity (Wildman–Crippen MR) is 99.5 cm³/mol. The Kier molecular flexibility index (Phi) is 4.62. The van der Waals surface area contributed by atoms with Gasteiger partial charge in [-0.05, 0) is 62.7 Å². The van der Waals surface area contributed by atoms with Crippen LogP contribution in [0, 0.1) is 3.57 Å². The van der Waals surface area contributed by atoms with Crippen LogP contribution in [0.3, 0.4) is 0 Å². The van der Waals surface area contributed by atoms with Crippen molar-refractivity contribution in [2.45, 2.75) is 12.5 Å². The maximum absolute atomic E-state index is 10.5. The zero-order valence-corrected chi connectivity index (χ0v) is 15.0. The third-order valence-corrected chi connectivity index (χ3v) is 5.04. The zero-order valence-electron chi connectivity index (χ0n) is 11.3. The summed E-state index contributed by atoms with van der Waals surface area (Å²) in [6.07, 6.45) is 0.132. The van der Waals surface area contributed by atoms with Gasteiger partial charge in [0.05, 0.1) is 6.10 Å². The van der Waals surface area contributed by atoms with E-state index in [4.69, 9.17) is 0 Å². The first kappa shape index (κ1) is 15.0. The Morgan fingerprint density at radius 1 is 0.952 bits per heavy atom. The monoisotopic (exact) mass is 452 g/mol. The molecule has 0 heterocycles. The van der Waals surface area contributed by atoms with Crippen molar-refractivity contribution in [3.05, 3.63) is 79.8 Å². The van der Waals surface area contributed by atoms with E-state index in [1.54, 1.807) is 0 Å². The van der Waals surface area contributed by atoms with Gasteiger partial charge in [0.15, 0.2) is 0 Å². The normalized spacial score (nSPS) is 12.5. The average Bonchev–Trinajstić information content (AvgIpc) is 2.49. The molecule has 106 valence electrons. The summed E-state index contributed by atoms with van der Waals surface area (Å²) in [5, 5.41) is 13.0. The van der Waals surface area contributed by atoms with Gasteiger partial charge in [0.2, 0.25) is 0 Å². The van der Waals surface area contributed by atoms with Gasteiger partial charge in [-0.15, -0.1) is 0 Å². The largest absolute Gasteiger partial charge is 0.388 e. The molecule has 3 aromatic carbocycles. The molecule has 0 aliphatic carbocycles. The average molecular weight is 453 g/mol. The lowest BCUT2D eigenvalue weighted by molar-refractivity contribution is 0.177. The van der Waals surface area contributed by atoms with Crippen LogP contribution in [0.1, 0.15) is 17.2 Å². The molecule has 1 atom stereocenters. The van der Waals surface area contributed by atoms with Gasteiger partial charge in [-0.1, -0.05) is 58.4 Å². The van der Waals surface area contributed by atoms with Gasteiger partial charge in [-0.2, -0.15) is 0 Å². The van der Waals surface area contributed by atoms with Crippen LogP contribution in [0.4, 0.5) is 0 Å². The number of hydrogen-bond donors (Lipinski definition) is 1. The minimum Gasteiger partial charge on any atom is -0.388 e. The Balaban J connectivity index is 1.88. The Morgan fingerprint density at radius 3 is 2.52 bits per heavy atom. The summed E-state index contributed by atoms with van der Waals surface area (Å²) in [6.45, 7) is 0. The van der Waals surface area contributed by atoms with Crippen molar-refractivity contribution < 1.29 is 5.11 Å². The first-order valence-electron chi connectivity index (χ1n) is 6.74. The molecular formula is C18H14BrIO. The Morgan fingerprint density at radius 2 is 1.71 bits per heavy atom. The third-order valence-electron chi connectivity index (χ3n) is 3.56. The molecule has 3 rings (SSSR count). The molecule has 0 radical (unpaired) electrons. The summed E-state index contributed by atoms with van der Waals surface area (Å²) < 4.78 is 2.08. The van der Waals surface area contributed by atoms with E-state index in [1.807, 2.05) is 30.3 Å². The fourth-order valence-electron chi connectivity index (χ4n) is 2.47. The van der Waals surface area contributed by atoms with Gasteiger partial charge in [0.25, 0.3) is 0 Å². The number of rotatable bonds is 3. The maximum atomic E-state index is 10.5. The molecule has 3 heteroatoms. The SMILES string of the molecule is OC(Cc1ccc2ccccc2c1)c1cc(Br)ccc1I. The number of halogens is 2. The minimum atomic E-state index is -0.490. The van der Waals surface area contributed by atoms with Crippen molar-refractivity contribution in [1.82, 2.24) is 0 Å². The highest BCUT2D eigenvalue weighted by atomic mass is 127. The molecule has 0 aliphatic heterocycles. The van der Waals surface area contributed by atoms with Crippen molar-refractivity contribution in [2.24, 2.45) is 0 Å². The number of aliphatic hydroxyl groups is 1. The van der Waals surface area contributed by atoms with Gasteiger partial charge in [0, 0.05) is 14.5 Å². The highest BCUT2D eigenvalue weighted by Gasteiger charge is 2.13. The Hall–Kier alpha value is -0.910. The number of hydrogen-bond acceptors (Lipinski definition) is 1. The Labute approximate surface area is 146 Å². The lowest BCUT2D eigenvalue weighted by Gasteiger charge is -2.14. The van der Waals surface area contributed by atoms with E-state index in [0.29, 0.717) is 6.42 Å². The van der Waals surface area contributed by atoms with Gasteiger partial charge in [-0.3, -0.25) is 0 Å². The van der Waals surface area contributed by atoms with Crippen molar-refractivity contribution >= 4 is 49.3 Å². The highest BCUT2D eigenvalue weighted by molar-refractivity contribution is 14.1. The molecule has 0 saturated carbocycles. The summed E-state index contributed by atoms with van der Waals surface area (Å²) in [5.74, 6) is 0. The van der Waals surface area contributed by atoms with Gasteiger partial charge in [-0.25, -0.2) is 0 Å². The van der Waals surface area contributed by atoms with Gasteiger partial charge < -0.3 is 5.11 Å². The van der Waals surface area contributed by atoms with Crippen LogP contribution in [-0.4, -0.2) is 5.11 Å². The van der Waals surface area contributed by atoms with Crippen molar-refractivity contribution in [2.75, 3.05) is 0 Å². The second kappa shape index (κ2) is 6.46. The third kappa shape index (κ3) is 3.47. The van der Waals surface area contributed by atoms with Crippen molar-refractivity contribution in [3.8, 4) is 0 Å². The second-order valence-corrected chi connectivity index (χ2v) is 7.15. The van der Waals surface area contributed by atoms with E-state index in [2.05, 4.69) is 68.9 Å². The van der Waals surface area contributed by atoms with Crippen LogP contribution in [0.5, 0.6) is 0 Å². The molecule has 3 aromatic rings. The molecule has 1 nitrogen and oxygen atoms in total. The molecular weight excluding hydrogens is 439 g/mol. The van der Waals surface area contributed by atoms with Gasteiger partial charge >= 0.3 is 0 Å². The summed E-state index contributed by atoms with van der Waals surface area (Å²) in [6, 6.07) is 20.7. The fourth-order valence-corrected chi connectivity index (χ4v) is 3.54. The lowest BCUT2D eigenvalue weighted by Crippen LogP contribution is -2.04. The standard InChI is InChI=1S/C18H14BrIO/c19-15-7-8-17(20)16(11-15)18(21)10-12-5-6-13-3-1-2-4-14(13)9-12/h1-9,11,18,21H,10H2. The highest BCUT2D eigenvalue weighted by Crippen LogP contribution is 2.27. The zero-order chi connectivity index (χ0) is 14.8. The van der Waals surface area contributed by atoms with Crippen molar-refractivity contribution in [3.63, 3.8) is 0 Å². The maximum Gasteiger partial charge on any atom is 0.0840 e. The summed E-state index contributed by atoms with van der Waals surface area (Å²) >= 11 is 5.74. The number of aliphatic hydroxyl groups excluding tert-OH is 1. The lowest BCUT2D eigenvalue weighted by atomic mass is 9.99. The molecule has 0 aromatic heterocycles. The number of fused-ring (bicyclic) bond motifs is 1. The van der Waals surface area contributed by atoms with E-state index >= 15 is 0 Å². The van der Waals surface area contributed by atoms with Crippen LogP contribution in [-0.2, 0) is 6.42 Å². The van der Waals surface area contributed by atoms with E-state index in [1.165, 1.54) is 10.8 Å². The van der Waals surface area contributed by atoms with Crippen LogP contribution >= 0.6 is 38.5 Å². The first-order valence-corrected chi connectivity index (χ1v) is 8.61. The smallest absolute Gasteiger partial charge is 0.0840 e. The van der Waals surface area contributed by atoms with Crippen molar-refractivity contribution in [1.29, 1.82) is 0 Å². The summed E-state index contributed by atoms with van der Waals surface area (Å²) in [7, 11) is 0. The molecule has 1 N–H and O–H groups in total. The number of benzene rings is 3.